The van der Waals surface area contributed by atoms with Crippen molar-refractivity contribution in [2.24, 2.45) is 5.41 Å². The molecule has 0 spiro atoms. The summed E-state index contributed by atoms with van der Waals surface area (Å²) >= 11 is 0. The third-order valence-electron chi connectivity index (χ3n) is 1.16. The Morgan fingerprint density at radius 3 is 2.15 bits per heavy atom. The Morgan fingerprint density at radius 1 is 1.23 bits per heavy atom. The first-order valence-electron chi connectivity index (χ1n) is 4.26. The van der Waals surface area contributed by atoms with Gasteiger partial charge in [0.25, 0.3) is 0 Å². The molecule has 0 saturated heterocycles. The minimum atomic E-state index is -2.72. The van der Waals surface area contributed by atoms with Crippen molar-refractivity contribution in [1.29, 1.82) is 0 Å². The van der Waals surface area contributed by atoms with Crippen molar-refractivity contribution in [2.45, 2.75) is 20.8 Å². The van der Waals surface area contributed by atoms with Crippen molar-refractivity contribution in [3.8, 4) is 0 Å². The van der Waals surface area contributed by atoms with Crippen LogP contribution in [-0.4, -0.2) is 36.5 Å². The smallest absolute Gasteiger partial charge is 0.394 e. The highest BCUT2D eigenvalue weighted by atomic mass is 31.2. The van der Waals surface area contributed by atoms with E-state index >= 15 is 0 Å². The largest absolute Gasteiger partial charge is 0.405 e. The topological polar surface area (TPSA) is 58.9 Å². The van der Waals surface area contributed by atoms with E-state index in [2.05, 4.69) is 0 Å². The second-order valence-electron chi connectivity index (χ2n) is 4.19. The Morgan fingerprint density at radius 2 is 1.77 bits per heavy atom. The van der Waals surface area contributed by atoms with Crippen LogP contribution in [0.1, 0.15) is 20.8 Å². The van der Waals surface area contributed by atoms with Gasteiger partial charge in [-0.3, -0.25) is 0 Å². The van der Waals surface area contributed by atoms with Gasteiger partial charge < -0.3 is 5.11 Å². The summed E-state index contributed by atoms with van der Waals surface area (Å²) in [6.45, 7) is 8.02. The number of aliphatic hydroxyl groups is 1. The van der Waals surface area contributed by atoms with Crippen LogP contribution in [0.5, 0.6) is 0 Å². The summed E-state index contributed by atoms with van der Waals surface area (Å²) < 4.78 is 10.2. The molecule has 0 aromatic carbocycles. The van der Waals surface area contributed by atoms with Crippen LogP contribution in [0.2, 0.25) is 0 Å². The Bertz CT molecular complexity index is 142. The van der Waals surface area contributed by atoms with Crippen LogP contribution in [0.25, 0.3) is 0 Å². The van der Waals surface area contributed by atoms with Crippen LogP contribution in [0, 0.1) is 5.41 Å². The zero-order valence-electron chi connectivity index (χ0n) is 8.78. The van der Waals surface area contributed by atoms with Gasteiger partial charge in [0.05, 0.1) is 6.61 Å². The molecule has 0 radical (unpaired) electrons. The number of hydrogen-bond donors (Lipinski definition) is 2. The van der Waals surface area contributed by atoms with Gasteiger partial charge in [0.15, 0.2) is 0 Å². The van der Waals surface area contributed by atoms with E-state index in [4.69, 9.17) is 14.2 Å². The van der Waals surface area contributed by atoms with Crippen LogP contribution in [-0.2, 0) is 9.05 Å². The minimum absolute atomic E-state index is 0.00651. The van der Waals surface area contributed by atoms with E-state index in [-0.39, 0.29) is 18.6 Å². The van der Waals surface area contributed by atoms with Crippen LogP contribution in [0.3, 0.4) is 0 Å². The highest BCUT2D eigenvalue weighted by Gasteiger charge is 2.35. The normalized spacial score (nSPS) is 17.1. The molecule has 80 valence electrons. The molecule has 0 aliphatic rings. The van der Waals surface area contributed by atoms with Crippen LogP contribution >= 0.6 is 7.94 Å². The predicted octanol–water partition coefficient (Wildman–Crippen LogP) is 1.44. The molecule has 1 atom stereocenters. The molecular weight excluding hydrogens is 191 g/mol. The fourth-order valence-corrected chi connectivity index (χ4v) is 1.68. The van der Waals surface area contributed by atoms with E-state index < -0.39 is 7.94 Å². The van der Waals surface area contributed by atoms with Crippen molar-refractivity contribution in [1.82, 2.24) is 0 Å². The molecule has 0 aromatic rings. The second-order valence-corrected chi connectivity index (χ2v) is 6.32. The van der Waals surface area contributed by atoms with Crippen LogP contribution < -0.4 is 0 Å². The van der Waals surface area contributed by atoms with E-state index in [0.29, 0.717) is 6.61 Å². The maximum Gasteiger partial charge on any atom is 0.405 e. The maximum absolute atomic E-state index is 9.56. The molecule has 0 aromatic heterocycles. The lowest BCUT2D eigenvalue weighted by Crippen LogP contribution is -2.16. The Hall–Kier alpha value is 0.270. The summed E-state index contributed by atoms with van der Waals surface area (Å²) in [5.41, 5.74) is 0.00651. The van der Waals surface area contributed by atoms with Gasteiger partial charge in [0, 0.05) is 0 Å². The molecule has 13 heavy (non-hydrogen) atoms. The van der Waals surface area contributed by atoms with E-state index in [1.165, 1.54) is 6.66 Å². The summed E-state index contributed by atoms with van der Waals surface area (Å²) in [6, 6.07) is 0. The average Bonchev–Trinajstić information content (AvgIpc) is 1.97. The van der Waals surface area contributed by atoms with Gasteiger partial charge >= 0.3 is 7.94 Å². The lowest BCUT2D eigenvalue weighted by molar-refractivity contribution is 0.116. The third kappa shape index (κ3) is 8.60. The van der Waals surface area contributed by atoms with Gasteiger partial charge in [-0.15, -0.1) is 0 Å². The van der Waals surface area contributed by atoms with E-state index in [1.807, 2.05) is 20.8 Å². The highest BCUT2D eigenvalue weighted by Crippen LogP contribution is 2.53. The molecule has 1 unspecified atom stereocenters. The van der Waals surface area contributed by atoms with Crippen LogP contribution in [0.15, 0.2) is 0 Å². The lowest BCUT2D eigenvalue weighted by Gasteiger charge is -2.19. The monoisotopic (exact) mass is 211 g/mol. The molecule has 0 saturated carbocycles. The number of hydrogen-bond acceptors (Lipinski definition) is 4. The summed E-state index contributed by atoms with van der Waals surface area (Å²) in [5, 5.41) is 8.48. The van der Waals surface area contributed by atoms with Crippen LogP contribution in [0.4, 0.5) is 0 Å². The Kier molecular flexibility index (Phi) is 5.33. The second kappa shape index (κ2) is 5.23. The third-order valence-corrected chi connectivity index (χ3v) is 2.43. The van der Waals surface area contributed by atoms with E-state index in [9.17, 15) is 4.89 Å². The lowest BCUT2D eigenvalue weighted by atomic mass is 9.99. The molecular formula is C8H20O4P+. The molecule has 0 rings (SSSR count). The van der Waals surface area contributed by atoms with Gasteiger partial charge in [-0.05, 0) is 5.41 Å². The molecule has 0 aliphatic carbocycles. The number of aliphatic hydroxyl groups excluding tert-OH is 1. The molecule has 0 fully saturated rings. The summed E-state index contributed by atoms with van der Waals surface area (Å²) in [7, 11) is -2.72. The first-order valence-corrected chi connectivity index (χ1v) is 6.28. The summed E-state index contributed by atoms with van der Waals surface area (Å²) in [6.07, 6.45) is 0. The van der Waals surface area contributed by atoms with Crippen molar-refractivity contribution >= 4 is 7.94 Å². The standard InChI is InChI=1S/C8H20O4P/c1-8(2,3)7-12-13(4,10)11-6-5-9/h9-10H,5-7H2,1-4H3/q+1. The maximum atomic E-state index is 9.56. The minimum Gasteiger partial charge on any atom is -0.394 e. The molecule has 0 bridgehead atoms. The molecule has 4 nitrogen and oxygen atoms in total. The van der Waals surface area contributed by atoms with Gasteiger partial charge in [0.1, 0.15) is 19.9 Å². The van der Waals surface area contributed by atoms with Gasteiger partial charge in [-0.25, -0.2) is 0 Å². The Labute approximate surface area is 80.5 Å². The SMILES string of the molecule is CC(C)(C)CO[P+](C)(O)OCCO. The van der Waals surface area contributed by atoms with Crippen molar-refractivity contribution in [2.75, 3.05) is 26.5 Å². The average molecular weight is 211 g/mol. The zero-order chi connectivity index (χ0) is 10.5. The van der Waals surface area contributed by atoms with Gasteiger partial charge in [0.2, 0.25) is 0 Å². The zero-order valence-corrected chi connectivity index (χ0v) is 9.67. The molecule has 0 amide bonds. The first kappa shape index (κ1) is 13.3. The van der Waals surface area contributed by atoms with E-state index in [0.717, 1.165) is 0 Å². The number of rotatable bonds is 5. The van der Waals surface area contributed by atoms with Gasteiger partial charge in [-0.1, -0.05) is 20.8 Å². The summed E-state index contributed by atoms with van der Waals surface area (Å²) in [5.74, 6) is 0. The molecule has 0 heterocycles. The van der Waals surface area contributed by atoms with Crippen molar-refractivity contribution in [3.63, 3.8) is 0 Å². The van der Waals surface area contributed by atoms with E-state index in [1.54, 1.807) is 0 Å². The van der Waals surface area contributed by atoms with Gasteiger partial charge in [-0.2, -0.15) is 13.9 Å². The summed E-state index contributed by atoms with van der Waals surface area (Å²) in [4.78, 5) is 9.56. The highest BCUT2D eigenvalue weighted by molar-refractivity contribution is 7.59. The molecule has 0 aliphatic heterocycles. The first-order chi connectivity index (χ1) is 5.77. The van der Waals surface area contributed by atoms with Crippen molar-refractivity contribution < 1.29 is 19.0 Å². The molecule has 2 N–H and O–H groups in total. The fraction of sp³-hybridized carbons (Fsp3) is 1.00. The quantitative estimate of drug-likeness (QED) is 0.675. The predicted molar refractivity (Wildman–Crippen MR) is 53.5 cm³/mol. The molecule has 5 heteroatoms. The fourth-order valence-electron chi connectivity index (χ4n) is 0.561. The van der Waals surface area contributed by atoms with Crippen molar-refractivity contribution in [3.05, 3.63) is 0 Å². The Balaban J connectivity index is 3.75.